The zero-order valence-electron chi connectivity index (χ0n) is 61.0. The number of methoxy groups -OCH3 is 2. The van der Waals surface area contributed by atoms with Gasteiger partial charge in [-0.05, 0) is 144 Å². The number of aliphatic hydroxyl groups excluding tert-OH is 1. The largest absolute Gasteiger partial charge is 0.493 e. The van der Waals surface area contributed by atoms with Gasteiger partial charge in [-0.1, -0.05) is 73.7 Å². The predicted molar refractivity (Wildman–Crippen MR) is 392 cm³/mol. The highest BCUT2D eigenvalue weighted by atomic mass is 16.6. The molecule has 0 unspecified atom stereocenters. The van der Waals surface area contributed by atoms with Gasteiger partial charge in [-0.3, -0.25) is 43.3 Å². The Morgan fingerprint density at radius 3 is 1.98 bits per heavy atom. The number of carbonyl (C=O) groups excluding carboxylic acids is 9. The molecule has 5 atom stereocenters. The molecule has 2 aliphatic carbocycles. The third-order valence-electron chi connectivity index (χ3n) is 21.0. The molecular weight excluding hydrogens is 1360 g/mol. The van der Waals surface area contributed by atoms with Crippen LogP contribution in [-0.4, -0.2) is 173 Å². The van der Waals surface area contributed by atoms with Gasteiger partial charge in [-0.25, -0.2) is 14.4 Å². The number of nitrogens with one attached hydrogen (secondary N) is 5. The molecule has 5 aromatic carbocycles. The molecule has 9 amide bonds. The van der Waals surface area contributed by atoms with E-state index in [4.69, 9.17) is 28.7 Å². The Bertz CT molecular complexity index is 4460. The number of rotatable bonds is 25. The van der Waals surface area contributed by atoms with E-state index >= 15 is 0 Å². The number of amides is 9. The molecular formula is C78H91N13O15. The molecule has 558 valence electrons. The van der Waals surface area contributed by atoms with E-state index in [-0.39, 0.29) is 89.9 Å². The van der Waals surface area contributed by atoms with Gasteiger partial charge in [0.1, 0.15) is 24.4 Å². The van der Waals surface area contributed by atoms with Gasteiger partial charge in [0.25, 0.3) is 11.8 Å². The topological polar surface area (TPSA) is 336 Å². The van der Waals surface area contributed by atoms with Crippen molar-refractivity contribution in [2.45, 2.75) is 161 Å². The molecule has 28 nitrogen and oxygen atoms in total. The van der Waals surface area contributed by atoms with Gasteiger partial charge in [0.2, 0.25) is 35.4 Å². The van der Waals surface area contributed by atoms with Gasteiger partial charge >= 0.3 is 6.09 Å². The summed E-state index contributed by atoms with van der Waals surface area (Å²) in [7, 11) is 3.01. The zero-order chi connectivity index (χ0) is 74.9. The van der Waals surface area contributed by atoms with Crippen molar-refractivity contribution in [3.8, 4) is 45.5 Å². The first kappa shape index (κ1) is 73.4. The highest BCUT2D eigenvalue weighted by Gasteiger charge is 2.58. The van der Waals surface area contributed by atoms with E-state index in [1.807, 2.05) is 85.1 Å². The minimum Gasteiger partial charge on any atom is -0.493 e. The average molecular weight is 1450 g/mol. The van der Waals surface area contributed by atoms with Crippen molar-refractivity contribution in [1.82, 2.24) is 46.1 Å². The van der Waals surface area contributed by atoms with Crippen molar-refractivity contribution >= 4 is 82.3 Å². The van der Waals surface area contributed by atoms with Gasteiger partial charge in [-0.15, -0.1) is 5.10 Å². The number of aliphatic imine (C=N–C) groups is 1. The summed E-state index contributed by atoms with van der Waals surface area (Å²) < 4.78 is 31.7. The number of aliphatic hydroxyl groups is 1. The molecule has 0 radical (unpaired) electrons. The Morgan fingerprint density at radius 2 is 1.29 bits per heavy atom. The normalized spacial score (nSPS) is 18.7. The quantitative estimate of drug-likeness (QED) is 0.0293. The Hall–Kier alpha value is -10.9. The minimum absolute atomic E-state index is 0.0173. The van der Waals surface area contributed by atoms with Crippen LogP contribution in [0.25, 0.3) is 22.5 Å². The van der Waals surface area contributed by atoms with Crippen LogP contribution in [0.5, 0.6) is 23.0 Å². The van der Waals surface area contributed by atoms with Crippen molar-refractivity contribution in [1.29, 1.82) is 0 Å². The SMILES string of the molecule is COc1cc2c(cc1OCCCCCOc1cc3c(cc1OC)C(=O)N1CC4(CC4)C[C@H]1[C@H](O)N3C(=O)OCc1ccc(NC(=O)[C@H](C)NC(=O)[C@@H](NC(=O)CNC(=O)CNC(=O)CCC(=O)N3Cc4ccccc4-c4c(nnn4C(C)(C)C)-c4ccccc43)C(C)C)cc1)N=C[C@@H]1CC3(CC3)CN1C2=O. The Labute approximate surface area is 614 Å². The number of hydrogen-bond donors (Lipinski definition) is 6. The minimum atomic E-state index is -1.47. The standard InChI is InChI=1S/C78H91N13O15/c1-45(2)67(84-65(94)40-81-64(93)39-80-63(92)24-25-66(95)87-41-48-16-10-11-17-51(48)69-68(52-18-12-13-19-56(52)87)85-86-91(69)76(4,5)6)71(97)82-46(3)70(96)83-49-22-20-47(21-23-49)42-106-75(101)90-57-35-62(60(103-8)33-54(57)73(99)89-44-78(28-29-78)37-58(89)74(90)100)105-31-15-9-14-30-104-61-34-55-53(32-59(61)102-7)72(98)88-43-77(26-27-77)36-50(88)38-79-55/h10-13,16-23,32-35,38,45-46,50,58,67,74,100H,9,14-15,24-31,36-37,39-44H2,1-8H3,(H,80,92)(H,81,93)(H,82,97)(H,83,96)(H,84,94)/t46-,50-,58-,67-,74-/m0/s1. The molecule has 106 heavy (non-hydrogen) atoms. The summed E-state index contributed by atoms with van der Waals surface area (Å²) in [6.07, 6.45) is 6.58. The second kappa shape index (κ2) is 30.3. The lowest BCUT2D eigenvalue weighted by atomic mass is 9.94. The molecule has 2 saturated heterocycles. The molecule has 7 aliphatic rings. The lowest BCUT2D eigenvalue weighted by Gasteiger charge is -2.31. The summed E-state index contributed by atoms with van der Waals surface area (Å²) in [5.41, 5.74) is 6.42. The van der Waals surface area contributed by atoms with Crippen molar-refractivity contribution < 1.29 is 71.9 Å². The van der Waals surface area contributed by atoms with Crippen LogP contribution in [0.4, 0.5) is 27.5 Å². The second-order valence-corrected chi connectivity index (χ2v) is 30.1. The first-order chi connectivity index (χ1) is 50.8. The highest BCUT2D eigenvalue weighted by Crippen LogP contribution is 2.58. The maximum Gasteiger partial charge on any atom is 0.416 e. The number of fused-ring (bicyclic) bond motifs is 9. The first-order valence-corrected chi connectivity index (χ1v) is 36.3. The molecule has 13 rings (SSSR count). The number of carbonyl (C=O) groups is 9. The molecule has 0 bridgehead atoms. The van der Waals surface area contributed by atoms with E-state index in [0.29, 0.717) is 89.8 Å². The summed E-state index contributed by atoms with van der Waals surface area (Å²) in [5.74, 6) is -2.91. The molecule has 1 aromatic heterocycles. The number of anilines is 3. The number of hydrogen-bond acceptors (Lipinski definition) is 18. The lowest BCUT2D eigenvalue weighted by molar-refractivity contribution is -0.132. The Morgan fingerprint density at radius 1 is 0.660 bits per heavy atom. The fourth-order valence-corrected chi connectivity index (χ4v) is 14.7. The van der Waals surface area contributed by atoms with Crippen LogP contribution in [0.2, 0.25) is 0 Å². The summed E-state index contributed by atoms with van der Waals surface area (Å²) in [6.45, 7) is 11.7. The van der Waals surface area contributed by atoms with Crippen molar-refractivity contribution in [2.75, 3.05) is 68.7 Å². The van der Waals surface area contributed by atoms with Crippen LogP contribution < -0.4 is 55.3 Å². The first-order valence-electron chi connectivity index (χ1n) is 36.3. The molecule has 2 spiro atoms. The number of unbranched alkanes of at least 4 members (excludes halogenated alkanes) is 2. The van der Waals surface area contributed by atoms with Gasteiger partial charge in [0.15, 0.2) is 29.2 Å². The van der Waals surface area contributed by atoms with E-state index in [2.05, 4.69) is 36.9 Å². The van der Waals surface area contributed by atoms with E-state index < -0.39 is 84.5 Å². The van der Waals surface area contributed by atoms with Crippen LogP contribution in [-0.2, 0) is 52.2 Å². The molecule has 28 heteroatoms. The van der Waals surface area contributed by atoms with Crippen LogP contribution >= 0.6 is 0 Å². The number of nitrogens with zero attached hydrogens (tertiary/aromatic N) is 8. The van der Waals surface area contributed by atoms with Crippen LogP contribution in [0, 0.1) is 16.7 Å². The van der Waals surface area contributed by atoms with E-state index in [1.165, 1.54) is 26.2 Å². The van der Waals surface area contributed by atoms with Gasteiger partial charge < -0.3 is 70.1 Å². The number of para-hydroxylation sites is 1. The molecule has 4 fully saturated rings. The van der Waals surface area contributed by atoms with Gasteiger partial charge in [-0.2, -0.15) is 0 Å². The number of ether oxygens (including phenoxy) is 5. The maximum absolute atomic E-state index is 14.5. The van der Waals surface area contributed by atoms with Crippen LogP contribution in [0.3, 0.4) is 0 Å². The fourth-order valence-electron chi connectivity index (χ4n) is 14.7. The Balaban J connectivity index is 0.556. The van der Waals surface area contributed by atoms with Crippen LogP contribution in [0.15, 0.2) is 102 Å². The monoisotopic (exact) mass is 1450 g/mol. The maximum atomic E-state index is 14.5. The molecule has 5 aliphatic heterocycles. The predicted octanol–water partition coefficient (Wildman–Crippen LogP) is 8.34. The summed E-state index contributed by atoms with van der Waals surface area (Å²) in [4.78, 5) is 134. The number of benzene rings is 5. The van der Waals surface area contributed by atoms with Crippen molar-refractivity contribution in [3.05, 3.63) is 119 Å². The summed E-state index contributed by atoms with van der Waals surface area (Å²) >= 11 is 0. The molecule has 2 saturated carbocycles. The van der Waals surface area contributed by atoms with E-state index in [0.717, 1.165) is 60.4 Å². The zero-order valence-corrected chi connectivity index (χ0v) is 61.0. The number of aromatic nitrogens is 3. The van der Waals surface area contributed by atoms with Crippen molar-refractivity contribution in [3.63, 3.8) is 0 Å². The van der Waals surface area contributed by atoms with Gasteiger partial charge in [0.05, 0.1) is 98.6 Å². The average Bonchev–Trinajstić information content (AvgIpc) is 1.56. The molecule has 6 aromatic rings. The Kier molecular flexibility index (Phi) is 21.0. The highest BCUT2D eigenvalue weighted by molar-refractivity contribution is 6.07. The third-order valence-corrected chi connectivity index (χ3v) is 21.0. The second-order valence-electron chi connectivity index (χ2n) is 30.1. The molecule has 6 N–H and O–H groups in total. The van der Waals surface area contributed by atoms with Crippen molar-refractivity contribution in [2.24, 2.45) is 21.7 Å². The third kappa shape index (κ3) is 15.6. The fraction of sp³-hybridized carbons (Fsp3) is 0.462. The van der Waals surface area contributed by atoms with E-state index in [9.17, 15) is 48.3 Å². The summed E-state index contributed by atoms with van der Waals surface area (Å²) in [5, 5.41) is 34.3. The van der Waals surface area contributed by atoms with E-state index in [1.54, 1.807) is 67.2 Å². The smallest absolute Gasteiger partial charge is 0.416 e. The van der Waals surface area contributed by atoms with Gasteiger partial charge in [0, 0.05) is 61.1 Å². The van der Waals surface area contributed by atoms with Crippen LogP contribution in [0.1, 0.15) is 144 Å². The molecule has 6 heterocycles. The summed E-state index contributed by atoms with van der Waals surface area (Å²) in [6, 6.07) is 25.2. The lowest BCUT2D eigenvalue weighted by Crippen LogP contribution is -2.55.